The lowest BCUT2D eigenvalue weighted by atomic mass is 9.83. The second kappa shape index (κ2) is 7.60. The third kappa shape index (κ3) is 3.93. The maximum absolute atomic E-state index is 13.4. The van der Waals surface area contributed by atoms with E-state index in [0.717, 1.165) is 18.4 Å². The van der Waals surface area contributed by atoms with Gasteiger partial charge in [-0.15, -0.1) is 0 Å². The molecule has 0 amide bonds. The van der Waals surface area contributed by atoms with Crippen molar-refractivity contribution >= 4 is 0 Å². The lowest BCUT2D eigenvalue weighted by Gasteiger charge is -2.31. The van der Waals surface area contributed by atoms with Crippen molar-refractivity contribution in [3.63, 3.8) is 0 Å². The van der Waals surface area contributed by atoms with Gasteiger partial charge >= 0.3 is 0 Å². The fourth-order valence-electron chi connectivity index (χ4n) is 2.30. The van der Waals surface area contributed by atoms with E-state index in [2.05, 4.69) is 19.2 Å². The molecule has 2 N–H and O–H groups in total. The van der Waals surface area contributed by atoms with Gasteiger partial charge in [0.25, 0.3) is 0 Å². The molecule has 0 aromatic heterocycles. The first-order chi connectivity index (χ1) is 9.51. The van der Waals surface area contributed by atoms with E-state index in [9.17, 15) is 9.50 Å². The second-order valence-corrected chi connectivity index (χ2v) is 5.35. The maximum Gasteiger partial charge on any atom is 0.123 e. The summed E-state index contributed by atoms with van der Waals surface area (Å²) < 4.78 is 18.7. The average Bonchev–Trinajstić information content (AvgIpc) is 2.49. The summed E-state index contributed by atoms with van der Waals surface area (Å²) >= 11 is 0. The largest absolute Gasteiger partial charge is 0.496 e. The average molecular weight is 283 g/mol. The maximum atomic E-state index is 13.4. The molecule has 3 nitrogen and oxygen atoms in total. The zero-order valence-electron chi connectivity index (χ0n) is 12.9. The minimum absolute atomic E-state index is 0.0373. The molecule has 1 aromatic carbocycles. The predicted octanol–water partition coefficient (Wildman–Crippen LogP) is 3.28. The van der Waals surface area contributed by atoms with Crippen molar-refractivity contribution in [2.45, 2.75) is 39.7 Å². The van der Waals surface area contributed by atoms with E-state index in [4.69, 9.17) is 4.74 Å². The van der Waals surface area contributed by atoms with Gasteiger partial charge in [-0.1, -0.05) is 13.8 Å². The van der Waals surface area contributed by atoms with Crippen LogP contribution in [0, 0.1) is 11.2 Å². The molecule has 0 spiro atoms. The fraction of sp³-hybridized carbons (Fsp3) is 0.625. The van der Waals surface area contributed by atoms with Gasteiger partial charge in [0.05, 0.1) is 7.11 Å². The molecule has 114 valence electrons. The highest BCUT2D eigenvalue weighted by Gasteiger charge is 2.26. The monoisotopic (exact) mass is 283 g/mol. The SMILES string of the molecule is CCC(CC)(CO)CNC(C)c1cc(F)ccc1OC. The quantitative estimate of drug-likeness (QED) is 0.769. The van der Waals surface area contributed by atoms with E-state index in [-0.39, 0.29) is 23.9 Å². The molecule has 0 aliphatic carbocycles. The minimum Gasteiger partial charge on any atom is -0.496 e. The van der Waals surface area contributed by atoms with Crippen LogP contribution in [0.4, 0.5) is 4.39 Å². The summed E-state index contributed by atoms with van der Waals surface area (Å²) in [6.07, 6.45) is 1.81. The summed E-state index contributed by atoms with van der Waals surface area (Å²) in [5, 5.41) is 13.0. The van der Waals surface area contributed by atoms with Gasteiger partial charge in [0, 0.05) is 30.2 Å². The van der Waals surface area contributed by atoms with Gasteiger partial charge in [0.2, 0.25) is 0 Å². The summed E-state index contributed by atoms with van der Waals surface area (Å²) in [5.74, 6) is 0.405. The highest BCUT2D eigenvalue weighted by atomic mass is 19.1. The van der Waals surface area contributed by atoms with Gasteiger partial charge in [-0.3, -0.25) is 0 Å². The van der Waals surface area contributed by atoms with Gasteiger partial charge in [0.15, 0.2) is 0 Å². The van der Waals surface area contributed by atoms with E-state index < -0.39 is 0 Å². The van der Waals surface area contributed by atoms with Crippen molar-refractivity contribution in [2.75, 3.05) is 20.3 Å². The van der Waals surface area contributed by atoms with Crippen LogP contribution in [0.15, 0.2) is 18.2 Å². The molecule has 1 atom stereocenters. The molecular formula is C16H26FNO2. The highest BCUT2D eigenvalue weighted by molar-refractivity contribution is 5.36. The van der Waals surface area contributed by atoms with E-state index in [1.54, 1.807) is 13.2 Å². The number of aliphatic hydroxyl groups is 1. The lowest BCUT2D eigenvalue weighted by Crippen LogP contribution is -2.37. The predicted molar refractivity (Wildman–Crippen MR) is 79.5 cm³/mol. The third-order valence-electron chi connectivity index (χ3n) is 4.28. The number of ether oxygens (including phenoxy) is 1. The highest BCUT2D eigenvalue weighted by Crippen LogP contribution is 2.29. The summed E-state index contributed by atoms with van der Waals surface area (Å²) in [7, 11) is 1.58. The summed E-state index contributed by atoms with van der Waals surface area (Å²) in [6, 6.07) is 4.49. The Kier molecular flexibility index (Phi) is 6.43. The van der Waals surface area contributed by atoms with Crippen molar-refractivity contribution in [1.29, 1.82) is 0 Å². The zero-order valence-corrected chi connectivity index (χ0v) is 12.9. The van der Waals surface area contributed by atoms with E-state index in [1.165, 1.54) is 12.1 Å². The molecule has 0 saturated heterocycles. The number of halogens is 1. The Morgan fingerprint density at radius 1 is 1.35 bits per heavy atom. The van der Waals surface area contributed by atoms with Crippen LogP contribution < -0.4 is 10.1 Å². The van der Waals surface area contributed by atoms with Crippen LogP contribution >= 0.6 is 0 Å². The minimum atomic E-state index is -0.270. The molecule has 0 fully saturated rings. The van der Waals surface area contributed by atoms with Crippen LogP contribution in [0.1, 0.15) is 45.2 Å². The van der Waals surface area contributed by atoms with E-state index >= 15 is 0 Å². The molecule has 1 aromatic rings. The van der Waals surface area contributed by atoms with Crippen LogP contribution in [-0.2, 0) is 0 Å². The smallest absolute Gasteiger partial charge is 0.123 e. The first kappa shape index (κ1) is 16.9. The number of nitrogens with one attached hydrogen (secondary N) is 1. The number of benzene rings is 1. The summed E-state index contributed by atoms with van der Waals surface area (Å²) in [4.78, 5) is 0. The Hall–Kier alpha value is -1.13. The van der Waals surface area contributed by atoms with Crippen LogP contribution in [0.5, 0.6) is 5.75 Å². The Balaban J connectivity index is 2.81. The molecule has 4 heteroatoms. The summed E-state index contributed by atoms with van der Waals surface area (Å²) in [5.41, 5.74) is 0.681. The van der Waals surface area contributed by atoms with Crippen molar-refractivity contribution in [1.82, 2.24) is 5.32 Å². The van der Waals surface area contributed by atoms with Crippen LogP contribution in [0.25, 0.3) is 0 Å². The number of hydrogen-bond acceptors (Lipinski definition) is 3. The Morgan fingerprint density at radius 2 is 2.00 bits per heavy atom. The number of aliphatic hydroxyl groups excluding tert-OH is 1. The van der Waals surface area contributed by atoms with Crippen molar-refractivity contribution in [3.8, 4) is 5.75 Å². The lowest BCUT2D eigenvalue weighted by molar-refractivity contribution is 0.110. The molecule has 0 saturated carbocycles. The Labute approximate surface area is 121 Å². The van der Waals surface area contributed by atoms with Gasteiger partial charge in [-0.25, -0.2) is 4.39 Å². The Bertz CT molecular complexity index is 411. The molecule has 0 bridgehead atoms. The first-order valence-corrected chi connectivity index (χ1v) is 7.19. The van der Waals surface area contributed by atoms with E-state index in [0.29, 0.717) is 12.3 Å². The fourth-order valence-corrected chi connectivity index (χ4v) is 2.30. The molecule has 1 rings (SSSR count). The Morgan fingerprint density at radius 3 is 2.50 bits per heavy atom. The van der Waals surface area contributed by atoms with Crippen LogP contribution in [0.3, 0.4) is 0 Å². The molecule has 0 radical (unpaired) electrons. The van der Waals surface area contributed by atoms with Gasteiger partial charge < -0.3 is 15.2 Å². The number of methoxy groups -OCH3 is 1. The van der Waals surface area contributed by atoms with Gasteiger partial charge in [0.1, 0.15) is 11.6 Å². The third-order valence-corrected chi connectivity index (χ3v) is 4.28. The van der Waals surface area contributed by atoms with Gasteiger partial charge in [-0.2, -0.15) is 0 Å². The molecule has 0 aliphatic heterocycles. The number of hydrogen-bond donors (Lipinski definition) is 2. The standard InChI is InChI=1S/C16H26FNO2/c1-5-16(6-2,11-19)10-18-12(3)14-9-13(17)7-8-15(14)20-4/h7-9,12,18-19H,5-6,10-11H2,1-4H3. The van der Waals surface area contributed by atoms with Crippen LogP contribution in [-0.4, -0.2) is 25.4 Å². The van der Waals surface area contributed by atoms with Gasteiger partial charge in [-0.05, 0) is 38.0 Å². The molecule has 0 aliphatic rings. The molecular weight excluding hydrogens is 257 g/mol. The topological polar surface area (TPSA) is 41.5 Å². The first-order valence-electron chi connectivity index (χ1n) is 7.19. The summed E-state index contributed by atoms with van der Waals surface area (Å²) in [6.45, 7) is 6.98. The molecule has 0 heterocycles. The van der Waals surface area contributed by atoms with Crippen molar-refractivity contribution in [3.05, 3.63) is 29.6 Å². The zero-order chi connectivity index (χ0) is 15.2. The van der Waals surface area contributed by atoms with Crippen molar-refractivity contribution in [2.24, 2.45) is 5.41 Å². The molecule has 1 unspecified atom stereocenters. The number of rotatable bonds is 8. The normalized spacial score (nSPS) is 13.3. The second-order valence-electron chi connectivity index (χ2n) is 5.35. The molecule has 20 heavy (non-hydrogen) atoms. The van der Waals surface area contributed by atoms with Crippen molar-refractivity contribution < 1.29 is 14.2 Å². The van der Waals surface area contributed by atoms with E-state index in [1.807, 2.05) is 6.92 Å². The van der Waals surface area contributed by atoms with Crippen LogP contribution in [0.2, 0.25) is 0 Å².